The van der Waals surface area contributed by atoms with E-state index in [1.54, 1.807) is 0 Å². The van der Waals surface area contributed by atoms with E-state index in [1.165, 1.54) is 19.3 Å². The van der Waals surface area contributed by atoms with Gasteiger partial charge in [0, 0.05) is 30.8 Å². The van der Waals surface area contributed by atoms with Crippen molar-refractivity contribution in [3.8, 4) is 0 Å². The Morgan fingerprint density at radius 3 is 2.48 bits per heavy atom. The largest absolute Gasteiger partial charge is 0.481 e. The molecule has 1 aliphatic carbocycles. The molecule has 2 fully saturated rings. The molecule has 2 amide bonds. The van der Waals surface area contributed by atoms with Crippen molar-refractivity contribution in [1.82, 2.24) is 10.2 Å². The molecular weight excluding hydrogens is 288 g/mol. The number of likely N-dealkylation sites (tertiary alicyclic amines) is 1. The lowest BCUT2D eigenvalue weighted by Crippen LogP contribution is -2.50. The van der Waals surface area contributed by atoms with Gasteiger partial charge in [-0.1, -0.05) is 6.42 Å². The Bertz CT molecular complexity index is 372. The highest BCUT2D eigenvalue weighted by Crippen LogP contribution is 2.42. The first-order chi connectivity index (χ1) is 10.0. The highest BCUT2D eigenvalue weighted by molar-refractivity contribution is 8.00. The summed E-state index contributed by atoms with van der Waals surface area (Å²) in [6.45, 7) is 2.27. The Kier molecular flexibility index (Phi) is 5.79. The number of carbonyl (C=O) groups excluding carboxylic acids is 1. The summed E-state index contributed by atoms with van der Waals surface area (Å²) in [5.41, 5.74) is 0. The van der Waals surface area contributed by atoms with Gasteiger partial charge in [0.1, 0.15) is 0 Å². The van der Waals surface area contributed by atoms with Crippen molar-refractivity contribution in [2.24, 2.45) is 5.92 Å². The van der Waals surface area contributed by atoms with Gasteiger partial charge in [0.05, 0.1) is 0 Å². The molecule has 1 aliphatic heterocycles. The number of nitrogens with zero attached hydrogens (tertiary/aromatic N) is 1. The average Bonchev–Trinajstić information content (AvgIpc) is 2.44. The molecule has 120 valence electrons. The number of nitrogens with one attached hydrogen (secondary N) is 1. The van der Waals surface area contributed by atoms with Gasteiger partial charge in [0.2, 0.25) is 0 Å². The van der Waals surface area contributed by atoms with Crippen LogP contribution in [0.1, 0.15) is 44.9 Å². The van der Waals surface area contributed by atoms with Crippen molar-refractivity contribution < 1.29 is 14.7 Å². The molecule has 6 heteroatoms. The number of thioether (sulfide) groups is 1. The van der Waals surface area contributed by atoms with Crippen molar-refractivity contribution in [3.05, 3.63) is 0 Å². The number of urea groups is 1. The molecule has 1 saturated carbocycles. The van der Waals surface area contributed by atoms with Crippen molar-refractivity contribution in [1.29, 1.82) is 0 Å². The molecule has 0 bridgehead atoms. The first kappa shape index (κ1) is 16.5. The van der Waals surface area contributed by atoms with Crippen molar-refractivity contribution >= 4 is 23.8 Å². The molecule has 0 aromatic rings. The molecule has 0 aromatic heterocycles. The van der Waals surface area contributed by atoms with Gasteiger partial charge in [0.15, 0.2) is 0 Å². The summed E-state index contributed by atoms with van der Waals surface area (Å²) >= 11 is 1.87. The first-order valence-corrected chi connectivity index (χ1v) is 9.07. The fourth-order valence-electron chi connectivity index (χ4n) is 3.13. The second-order valence-corrected chi connectivity index (χ2v) is 7.54. The van der Waals surface area contributed by atoms with E-state index in [4.69, 9.17) is 5.11 Å². The van der Waals surface area contributed by atoms with Crippen LogP contribution in [-0.2, 0) is 4.79 Å². The maximum atomic E-state index is 12.2. The maximum Gasteiger partial charge on any atom is 0.317 e. The molecule has 0 spiro atoms. The normalized spacial score (nSPS) is 21.7. The second-order valence-electron chi connectivity index (χ2n) is 6.26. The number of amides is 2. The topological polar surface area (TPSA) is 69.6 Å². The summed E-state index contributed by atoms with van der Waals surface area (Å²) < 4.78 is 0.273. The summed E-state index contributed by atoms with van der Waals surface area (Å²) in [6, 6.07) is 0.0482. The van der Waals surface area contributed by atoms with Gasteiger partial charge in [0.25, 0.3) is 0 Å². The molecule has 2 N–H and O–H groups in total. The quantitative estimate of drug-likeness (QED) is 0.790. The molecule has 5 nitrogen and oxygen atoms in total. The zero-order chi connectivity index (χ0) is 15.3. The van der Waals surface area contributed by atoms with Crippen LogP contribution in [0.3, 0.4) is 0 Å². The monoisotopic (exact) mass is 314 g/mol. The van der Waals surface area contributed by atoms with E-state index >= 15 is 0 Å². The van der Waals surface area contributed by atoms with E-state index < -0.39 is 5.97 Å². The van der Waals surface area contributed by atoms with E-state index in [9.17, 15) is 9.59 Å². The molecule has 1 saturated heterocycles. The van der Waals surface area contributed by atoms with E-state index in [0.29, 0.717) is 5.92 Å². The SMILES string of the molecule is CSC1(CNC(=O)N2CCC(CCC(=O)O)CC2)CCC1. The summed E-state index contributed by atoms with van der Waals surface area (Å²) in [5.74, 6) is -0.271. The molecule has 0 unspecified atom stereocenters. The fraction of sp³-hybridized carbons (Fsp3) is 0.867. The van der Waals surface area contributed by atoms with Crippen LogP contribution in [0.4, 0.5) is 4.79 Å². The van der Waals surface area contributed by atoms with Crippen LogP contribution in [0.15, 0.2) is 0 Å². The number of rotatable bonds is 6. The van der Waals surface area contributed by atoms with Crippen molar-refractivity contribution in [2.45, 2.75) is 49.7 Å². The lowest BCUT2D eigenvalue weighted by atomic mass is 9.84. The zero-order valence-electron chi connectivity index (χ0n) is 12.8. The highest BCUT2D eigenvalue weighted by atomic mass is 32.2. The Morgan fingerprint density at radius 1 is 1.33 bits per heavy atom. The Hall–Kier alpha value is -0.910. The lowest BCUT2D eigenvalue weighted by molar-refractivity contribution is -0.137. The van der Waals surface area contributed by atoms with Gasteiger partial charge in [-0.3, -0.25) is 4.79 Å². The van der Waals surface area contributed by atoms with Gasteiger partial charge < -0.3 is 15.3 Å². The van der Waals surface area contributed by atoms with Crippen LogP contribution in [0.5, 0.6) is 0 Å². The minimum atomic E-state index is -0.724. The molecule has 2 rings (SSSR count). The standard InChI is InChI=1S/C15H26N2O3S/c1-21-15(7-2-8-15)11-16-14(20)17-9-5-12(6-10-17)3-4-13(18)19/h12H,2-11H2,1H3,(H,16,20)(H,18,19). The van der Waals surface area contributed by atoms with Crippen LogP contribution in [-0.4, -0.2) is 52.6 Å². The third kappa shape index (κ3) is 4.53. The predicted molar refractivity (Wildman–Crippen MR) is 84.7 cm³/mol. The third-order valence-corrected chi connectivity index (χ3v) is 6.35. The van der Waals surface area contributed by atoms with Crippen LogP contribution < -0.4 is 5.32 Å². The Morgan fingerprint density at radius 2 is 2.00 bits per heavy atom. The number of aliphatic carboxylic acids is 1. The van der Waals surface area contributed by atoms with Crippen LogP contribution in [0, 0.1) is 5.92 Å². The van der Waals surface area contributed by atoms with Gasteiger partial charge in [-0.05, 0) is 44.3 Å². The number of hydrogen-bond acceptors (Lipinski definition) is 3. The van der Waals surface area contributed by atoms with Gasteiger partial charge >= 0.3 is 12.0 Å². The van der Waals surface area contributed by atoms with E-state index in [1.807, 2.05) is 16.7 Å². The number of hydrogen-bond donors (Lipinski definition) is 2. The molecule has 0 aromatic carbocycles. The molecule has 0 radical (unpaired) electrons. The van der Waals surface area contributed by atoms with Crippen LogP contribution >= 0.6 is 11.8 Å². The smallest absolute Gasteiger partial charge is 0.317 e. The Balaban J connectivity index is 1.67. The zero-order valence-corrected chi connectivity index (χ0v) is 13.6. The van der Waals surface area contributed by atoms with Gasteiger partial charge in [-0.2, -0.15) is 11.8 Å². The van der Waals surface area contributed by atoms with E-state index in [0.717, 1.165) is 38.9 Å². The summed E-state index contributed by atoms with van der Waals surface area (Å²) in [6.07, 6.45) is 8.62. The number of carboxylic acids is 1. The van der Waals surface area contributed by atoms with E-state index in [-0.39, 0.29) is 17.2 Å². The number of piperidine rings is 1. The maximum absolute atomic E-state index is 12.2. The minimum absolute atomic E-state index is 0.0482. The second kappa shape index (κ2) is 7.38. The van der Waals surface area contributed by atoms with Gasteiger partial charge in [-0.15, -0.1) is 0 Å². The number of carboxylic acid groups (broad SMARTS) is 1. The Labute approximate surface area is 130 Å². The summed E-state index contributed by atoms with van der Waals surface area (Å²) in [4.78, 5) is 24.6. The minimum Gasteiger partial charge on any atom is -0.481 e. The third-order valence-electron chi connectivity index (χ3n) is 4.93. The average molecular weight is 314 g/mol. The first-order valence-electron chi connectivity index (χ1n) is 7.84. The van der Waals surface area contributed by atoms with Crippen molar-refractivity contribution in [2.75, 3.05) is 25.9 Å². The van der Waals surface area contributed by atoms with Crippen molar-refractivity contribution in [3.63, 3.8) is 0 Å². The van der Waals surface area contributed by atoms with Gasteiger partial charge in [-0.25, -0.2) is 4.79 Å². The van der Waals surface area contributed by atoms with Crippen LogP contribution in [0.25, 0.3) is 0 Å². The highest BCUT2D eigenvalue weighted by Gasteiger charge is 2.36. The fourth-order valence-corrected chi connectivity index (χ4v) is 4.04. The predicted octanol–water partition coefficient (Wildman–Crippen LogP) is 2.56. The number of carbonyl (C=O) groups is 2. The lowest BCUT2D eigenvalue weighted by Gasteiger charge is -2.41. The molecule has 1 heterocycles. The van der Waals surface area contributed by atoms with E-state index in [2.05, 4.69) is 11.6 Å². The summed E-state index contributed by atoms with van der Waals surface area (Å²) in [5, 5.41) is 11.8. The molecule has 21 heavy (non-hydrogen) atoms. The molecule has 0 atom stereocenters. The van der Waals surface area contributed by atoms with Crippen LogP contribution in [0.2, 0.25) is 0 Å². The summed E-state index contributed by atoms with van der Waals surface area (Å²) in [7, 11) is 0. The molecular formula is C15H26N2O3S. The molecule has 2 aliphatic rings.